The van der Waals surface area contributed by atoms with Crippen LogP contribution < -0.4 is 0 Å². The molecule has 0 N–H and O–H groups in total. The minimum absolute atomic E-state index is 0.426. The van der Waals surface area contributed by atoms with Gasteiger partial charge in [-0.1, -0.05) is 33.6 Å². The van der Waals surface area contributed by atoms with Crippen LogP contribution in [0.5, 0.6) is 0 Å². The van der Waals surface area contributed by atoms with Gasteiger partial charge < -0.3 is 0 Å². The molecule has 74 valence electrons. The van der Waals surface area contributed by atoms with Gasteiger partial charge in [0.05, 0.1) is 12.6 Å². The summed E-state index contributed by atoms with van der Waals surface area (Å²) in [5, 5.41) is 9.22. The molecular weight excluding hydrogens is 263 g/mol. The lowest BCUT2D eigenvalue weighted by Crippen LogP contribution is -2.17. The van der Waals surface area contributed by atoms with Gasteiger partial charge in [0.15, 0.2) is 0 Å². The Bertz CT molecular complexity index is 360. The van der Waals surface area contributed by atoms with Gasteiger partial charge in [0.25, 0.3) is 0 Å². The monoisotopic (exact) mass is 272 g/mol. The fraction of sp³-hybridized carbons (Fsp3) is 0.300. The molecule has 1 aromatic carbocycles. The van der Waals surface area contributed by atoms with Crippen molar-refractivity contribution in [2.24, 2.45) is 0 Å². The Morgan fingerprint density at radius 3 is 2.86 bits per heavy atom. The lowest BCUT2D eigenvalue weighted by atomic mass is 10.2. The molecule has 0 spiro atoms. The fourth-order valence-electron chi connectivity index (χ4n) is 1.12. The number of hydrogen-bond acceptors (Lipinski definition) is 2. The summed E-state index contributed by atoms with van der Waals surface area (Å²) in [4.78, 5) is 1.94. The Balaban J connectivity index is 2.73. The SMILES string of the molecule is CN(CC#N)Cc1ccc(Cl)cc1Br. The zero-order valence-electron chi connectivity index (χ0n) is 7.80. The van der Waals surface area contributed by atoms with Crippen LogP contribution in [0.25, 0.3) is 0 Å². The second-order valence-electron chi connectivity index (χ2n) is 3.07. The maximum Gasteiger partial charge on any atom is 0.0866 e. The Hall–Kier alpha value is -0.560. The maximum atomic E-state index is 8.50. The lowest BCUT2D eigenvalue weighted by molar-refractivity contribution is 0.367. The van der Waals surface area contributed by atoms with Gasteiger partial charge in [0.2, 0.25) is 0 Å². The summed E-state index contributed by atoms with van der Waals surface area (Å²) in [7, 11) is 1.91. The van der Waals surface area contributed by atoms with Crippen LogP contribution >= 0.6 is 27.5 Å². The molecule has 0 saturated heterocycles. The van der Waals surface area contributed by atoms with Gasteiger partial charge in [-0.15, -0.1) is 0 Å². The highest BCUT2D eigenvalue weighted by atomic mass is 79.9. The van der Waals surface area contributed by atoms with Crippen molar-refractivity contribution in [2.75, 3.05) is 13.6 Å². The smallest absolute Gasteiger partial charge is 0.0866 e. The standard InChI is InChI=1S/C10H10BrClN2/c1-14(5-4-13)7-8-2-3-9(12)6-10(8)11/h2-3,6H,5,7H2,1H3. The van der Waals surface area contributed by atoms with Crippen molar-refractivity contribution in [3.63, 3.8) is 0 Å². The van der Waals surface area contributed by atoms with Crippen LogP contribution in [0.4, 0.5) is 0 Å². The van der Waals surface area contributed by atoms with E-state index in [1.54, 1.807) is 0 Å². The molecule has 2 nitrogen and oxygen atoms in total. The highest BCUT2D eigenvalue weighted by Gasteiger charge is 2.03. The first-order chi connectivity index (χ1) is 6.63. The van der Waals surface area contributed by atoms with E-state index in [9.17, 15) is 0 Å². The van der Waals surface area contributed by atoms with E-state index in [0.717, 1.165) is 16.6 Å². The second-order valence-corrected chi connectivity index (χ2v) is 4.36. The molecule has 0 aliphatic carbocycles. The normalized spacial score (nSPS) is 10.2. The molecule has 1 rings (SSSR count). The van der Waals surface area contributed by atoms with E-state index in [4.69, 9.17) is 16.9 Å². The molecule has 0 amide bonds. The van der Waals surface area contributed by atoms with E-state index in [1.807, 2.05) is 30.1 Å². The highest BCUT2D eigenvalue weighted by Crippen LogP contribution is 2.22. The van der Waals surface area contributed by atoms with E-state index in [1.165, 1.54) is 0 Å². The third-order valence-corrected chi connectivity index (χ3v) is 2.77. The molecule has 0 atom stereocenters. The quantitative estimate of drug-likeness (QED) is 0.792. The molecule has 0 aromatic heterocycles. The van der Waals surface area contributed by atoms with Gasteiger partial charge in [-0.25, -0.2) is 0 Å². The van der Waals surface area contributed by atoms with E-state index in [2.05, 4.69) is 22.0 Å². The first-order valence-corrected chi connectivity index (χ1v) is 5.30. The van der Waals surface area contributed by atoms with Crippen LogP contribution in [0.2, 0.25) is 5.02 Å². The summed E-state index contributed by atoms with van der Waals surface area (Å²) >= 11 is 9.25. The molecule has 0 heterocycles. The van der Waals surface area contributed by atoms with Crippen molar-refractivity contribution in [3.8, 4) is 6.07 Å². The van der Waals surface area contributed by atoms with Crippen molar-refractivity contribution in [2.45, 2.75) is 6.54 Å². The molecule has 0 aliphatic heterocycles. The third kappa shape index (κ3) is 3.30. The minimum atomic E-state index is 0.426. The summed E-state index contributed by atoms with van der Waals surface area (Å²) in [6.45, 7) is 1.17. The summed E-state index contributed by atoms with van der Waals surface area (Å²) < 4.78 is 0.981. The van der Waals surface area contributed by atoms with Crippen molar-refractivity contribution in [1.82, 2.24) is 4.90 Å². The number of hydrogen-bond donors (Lipinski definition) is 0. The Morgan fingerprint density at radius 1 is 1.57 bits per heavy atom. The van der Waals surface area contributed by atoms with Crippen molar-refractivity contribution < 1.29 is 0 Å². The Labute approximate surface area is 97.2 Å². The average molecular weight is 274 g/mol. The van der Waals surface area contributed by atoms with Gasteiger partial charge in [0, 0.05) is 16.0 Å². The zero-order valence-corrected chi connectivity index (χ0v) is 10.1. The van der Waals surface area contributed by atoms with E-state index >= 15 is 0 Å². The molecule has 0 radical (unpaired) electrons. The molecule has 4 heteroatoms. The van der Waals surface area contributed by atoms with Gasteiger partial charge in [0.1, 0.15) is 0 Å². The van der Waals surface area contributed by atoms with Crippen molar-refractivity contribution in [1.29, 1.82) is 5.26 Å². The van der Waals surface area contributed by atoms with Gasteiger partial charge in [-0.3, -0.25) is 4.90 Å². The molecule has 1 aromatic rings. The molecular formula is C10H10BrClN2. The van der Waals surface area contributed by atoms with Crippen LogP contribution in [0, 0.1) is 11.3 Å². The van der Waals surface area contributed by atoms with E-state index < -0.39 is 0 Å². The van der Waals surface area contributed by atoms with Crippen LogP contribution in [0.1, 0.15) is 5.56 Å². The molecule has 0 aliphatic rings. The van der Waals surface area contributed by atoms with Gasteiger partial charge in [-0.2, -0.15) is 5.26 Å². The fourth-order valence-corrected chi connectivity index (χ4v) is 1.93. The summed E-state index contributed by atoms with van der Waals surface area (Å²) in [6, 6.07) is 7.77. The van der Waals surface area contributed by atoms with E-state index in [-0.39, 0.29) is 0 Å². The number of nitriles is 1. The number of nitrogens with zero attached hydrogens (tertiary/aromatic N) is 2. The van der Waals surface area contributed by atoms with Crippen LogP contribution in [-0.4, -0.2) is 18.5 Å². The Kier molecular flexibility index (Phi) is 4.40. The molecule has 0 unspecified atom stereocenters. The number of benzene rings is 1. The topological polar surface area (TPSA) is 27.0 Å². The van der Waals surface area contributed by atoms with Crippen molar-refractivity contribution >= 4 is 27.5 Å². The first kappa shape index (κ1) is 11.5. The largest absolute Gasteiger partial charge is 0.289 e. The summed E-state index contributed by atoms with van der Waals surface area (Å²) in [5.74, 6) is 0. The second kappa shape index (κ2) is 5.35. The number of halogens is 2. The summed E-state index contributed by atoms with van der Waals surface area (Å²) in [5.41, 5.74) is 1.13. The minimum Gasteiger partial charge on any atom is -0.289 e. The third-order valence-electron chi connectivity index (χ3n) is 1.80. The molecule has 0 fully saturated rings. The predicted molar refractivity (Wildman–Crippen MR) is 61.1 cm³/mol. The van der Waals surface area contributed by atoms with Crippen molar-refractivity contribution in [3.05, 3.63) is 33.3 Å². The maximum absolute atomic E-state index is 8.50. The van der Waals surface area contributed by atoms with E-state index in [0.29, 0.717) is 11.6 Å². The Morgan fingerprint density at radius 2 is 2.29 bits per heavy atom. The zero-order chi connectivity index (χ0) is 10.6. The molecule has 14 heavy (non-hydrogen) atoms. The molecule has 0 saturated carbocycles. The van der Waals surface area contributed by atoms with Gasteiger partial charge in [-0.05, 0) is 24.7 Å². The summed E-state index contributed by atoms with van der Waals surface area (Å²) in [6.07, 6.45) is 0. The lowest BCUT2D eigenvalue weighted by Gasteiger charge is -2.13. The average Bonchev–Trinajstić information content (AvgIpc) is 2.10. The van der Waals surface area contributed by atoms with Crippen LogP contribution in [0.3, 0.4) is 0 Å². The van der Waals surface area contributed by atoms with Crippen LogP contribution in [0.15, 0.2) is 22.7 Å². The van der Waals surface area contributed by atoms with Gasteiger partial charge >= 0.3 is 0 Å². The van der Waals surface area contributed by atoms with Crippen LogP contribution in [-0.2, 0) is 6.54 Å². The predicted octanol–water partition coefficient (Wildman–Crippen LogP) is 3.06. The molecule has 0 bridgehead atoms. The highest BCUT2D eigenvalue weighted by molar-refractivity contribution is 9.10. The number of rotatable bonds is 3. The first-order valence-electron chi connectivity index (χ1n) is 4.13.